The molecule has 1 aromatic heterocycles. The number of anilines is 1. The Morgan fingerprint density at radius 3 is 2.85 bits per heavy atom. The molecule has 0 aromatic carbocycles. The molecule has 1 aliphatic rings. The summed E-state index contributed by atoms with van der Waals surface area (Å²) in [6.07, 6.45) is 1.23. The second-order valence-electron chi connectivity index (χ2n) is 4.28. The van der Waals surface area contributed by atoms with Crippen molar-refractivity contribution in [3.05, 3.63) is 16.2 Å². The first kappa shape index (κ1) is 15.1. The van der Waals surface area contributed by atoms with Crippen LogP contribution < -0.4 is 11.3 Å². The SMILES string of the molecule is NNc1sc(S(=O)(=O)N2CCCC2CO)cc1[N+](=O)[O-]. The van der Waals surface area contributed by atoms with Gasteiger partial charge in [0.1, 0.15) is 4.21 Å². The van der Waals surface area contributed by atoms with Crippen molar-refractivity contribution < 1.29 is 18.4 Å². The number of hydrogen-bond acceptors (Lipinski definition) is 8. The Hall–Kier alpha value is -1.27. The van der Waals surface area contributed by atoms with Crippen LogP contribution in [0.5, 0.6) is 0 Å². The first-order chi connectivity index (χ1) is 9.41. The fourth-order valence-electron chi connectivity index (χ4n) is 2.15. The highest BCUT2D eigenvalue weighted by Crippen LogP contribution is 2.39. The van der Waals surface area contributed by atoms with Gasteiger partial charge in [-0.05, 0) is 12.8 Å². The highest BCUT2D eigenvalue weighted by molar-refractivity contribution is 7.91. The van der Waals surface area contributed by atoms with Gasteiger partial charge in [-0.15, -0.1) is 0 Å². The molecule has 0 aliphatic carbocycles. The minimum absolute atomic E-state index is 0.0201. The molecule has 112 valence electrons. The van der Waals surface area contributed by atoms with Crippen LogP contribution >= 0.6 is 11.3 Å². The predicted octanol–water partition coefficient (Wildman–Crippen LogP) is 0.0873. The second kappa shape index (κ2) is 5.61. The smallest absolute Gasteiger partial charge is 0.306 e. The van der Waals surface area contributed by atoms with E-state index < -0.39 is 21.0 Å². The van der Waals surface area contributed by atoms with Crippen LogP contribution in [0.25, 0.3) is 0 Å². The molecule has 0 saturated carbocycles. The van der Waals surface area contributed by atoms with Crippen LogP contribution in [0.15, 0.2) is 10.3 Å². The lowest BCUT2D eigenvalue weighted by molar-refractivity contribution is -0.383. The van der Waals surface area contributed by atoms with E-state index in [2.05, 4.69) is 5.43 Å². The Balaban J connectivity index is 2.42. The number of aliphatic hydroxyl groups excluding tert-OH is 1. The molecular formula is C9H14N4O5S2. The summed E-state index contributed by atoms with van der Waals surface area (Å²) in [5.41, 5.74) is 1.75. The third-order valence-corrected chi connectivity index (χ3v) is 6.57. The standard InChI is InChI=1S/C9H14N4O5S2/c10-11-9-7(13(15)16)4-8(19-9)20(17,18)12-3-1-2-6(12)5-14/h4,6,11,14H,1-3,5,10H2. The summed E-state index contributed by atoms with van der Waals surface area (Å²) in [6, 6.07) is 0.512. The normalized spacial score (nSPS) is 20.2. The molecule has 1 aromatic rings. The van der Waals surface area contributed by atoms with Crippen molar-refractivity contribution in [3.8, 4) is 0 Å². The van der Waals surface area contributed by atoms with Gasteiger partial charge in [0.15, 0.2) is 5.00 Å². The summed E-state index contributed by atoms with van der Waals surface area (Å²) in [4.78, 5) is 10.1. The number of nitro groups is 1. The van der Waals surface area contributed by atoms with E-state index in [1.54, 1.807) is 0 Å². The number of nitrogens with one attached hydrogen (secondary N) is 1. The molecule has 2 heterocycles. The number of nitrogen functional groups attached to an aromatic ring is 1. The summed E-state index contributed by atoms with van der Waals surface area (Å²) < 4.78 is 25.9. The molecule has 11 heteroatoms. The monoisotopic (exact) mass is 322 g/mol. The molecule has 0 amide bonds. The van der Waals surface area contributed by atoms with Crippen LogP contribution in [0.1, 0.15) is 12.8 Å². The van der Waals surface area contributed by atoms with E-state index in [-0.39, 0.29) is 21.5 Å². The molecule has 0 bridgehead atoms. The number of nitrogens with zero attached hydrogens (tertiary/aromatic N) is 2. The summed E-state index contributed by atoms with van der Waals surface area (Å²) in [5.74, 6) is 5.16. The summed E-state index contributed by atoms with van der Waals surface area (Å²) in [6.45, 7) is 0.0271. The minimum atomic E-state index is -3.85. The Morgan fingerprint density at radius 1 is 1.65 bits per heavy atom. The average Bonchev–Trinajstić information content (AvgIpc) is 3.05. The Kier molecular flexibility index (Phi) is 4.25. The van der Waals surface area contributed by atoms with E-state index in [0.29, 0.717) is 30.7 Å². The molecule has 1 saturated heterocycles. The molecule has 1 fully saturated rings. The van der Waals surface area contributed by atoms with Gasteiger partial charge in [0.05, 0.1) is 11.5 Å². The predicted molar refractivity (Wildman–Crippen MR) is 72.8 cm³/mol. The lowest BCUT2D eigenvalue weighted by Gasteiger charge is -2.21. The van der Waals surface area contributed by atoms with Crippen LogP contribution in [0, 0.1) is 10.1 Å². The van der Waals surface area contributed by atoms with E-state index in [0.717, 1.165) is 6.07 Å². The number of thiophene rings is 1. The van der Waals surface area contributed by atoms with Crippen LogP contribution in [0.2, 0.25) is 0 Å². The maximum absolute atomic E-state index is 12.4. The van der Waals surface area contributed by atoms with Crippen molar-refractivity contribution in [1.29, 1.82) is 0 Å². The molecule has 0 spiro atoms. The summed E-state index contributed by atoms with van der Waals surface area (Å²) in [7, 11) is -3.85. The Labute approximate surface area is 119 Å². The zero-order chi connectivity index (χ0) is 14.9. The van der Waals surface area contributed by atoms with Crippen LogP contribution in [0.4, 0.5) is 10.7 Å². The first-order valence-electron chi connectivity index (χ1n) is 5.79. The number of sulfonamides is 1. The maximum atomic E-state index is 12.4. The first-order valence-corrected chi connectivity index (χ1v) is 8.05. The van der Waals surface area contributed by atoms with E-state index in [9.17, 15) is 23.6 Å². The second-order valence-corrected chi connectivity index (χ2v) is 7.45. The fraction of sp³-hybridized carbons (Fsp3) is 0.556. The molecule has 4 N–H and O–H groups in total. The van der Waals surface area contributed by atoms with Gasteiger partial charge < -0.3 is 10.5 Å². The van der Waals surface area contributed by atoms with E-state index in [1.165, 1.54) is 4.31 Å². The lowest BCUT2D eigenvalue weighted by Crippen LogP contribution is -2.37. The van der Waals surface area contributed by atoms with Crippen molar-refractivity contribution in [1.82, 2.24) is 4.31 Å². The highest BCUT2D eigenvalue weighted by Gasteiger charge is 2.37. The molecule has 2 rings (SSSR count). The Bertz CT molecular complexity index is 614. The van der Waals surface area contributed by atoms with Crippen molar-refractivity contribution in [3.63, 3.8) is 0 Å². The maximum Gasteiger partial charge on any atom is 0.306 e. The van der Waals surface area contributed by atoms with Crippen molar-refractivity contribution >= 4 is 32.0 Å². The zero-order valence-corrected chi connectivity index (χ0v) is 12.0. The number of nitrogens with two attached hydrogens (primary N) is 1. The van der Waals surface area contributed by atoms with Crippen LogP contribution in [0.3, 0.4) is 0 Å². The molecular weight excluding hydrogens is 308 g/mol. The van der Waals surface area contributed by atoms with Gasteiger partial charge in [0.2, 0.25) is 0 Å². The van der Waals surface area contributed by atoms with Crippen molar-refractivity contribution in [2.45, 2.75) is 23.1 Å². The third kappa shape index (κ3) is 2.50. The molecule has 9 nitrogen and oxygen atoms in total. The average molecular weight is 322 g/mol. The lowest BCUT2D eigenvalue weighted by atomic mass is 10.2. The molecule has 0 radical (unpaired) electrons. The highest BCUT2D eigenvalue weighted by atomic mass is 32.2. The number of hydrogen-bond donors (Lipinski definition) is 3. The van der Waals surface area contributed by atoms with Crippen molar-refractivity contribution in [2.24, 2.45) is 5.84 Å². The summed E-state index contributed by atoms with van der Waals surface area (Å²) >= 11 is 0.705. The van der Waals surface area contributed by atoms with Gasteiger partial charge in [-0.3, -0.25) is 10.1 Å². The summed E-state index contributed by atoms with van der Waals surface area (Å²) in [5, 5.41) is 20.0. The van der Waals surface area contributed by atoms with E-state index in [1.807, 2.05) is 0 Å². The molecule has 20 heavy (non-hydrogen) atoms. The van der Waals surface area contributed by atoms with Gasteiger partial charge in [0.25, 0.3) is 10.0 Å². The fourth-order valence-corrected chi connectivity index (χ4v) is 5.20. The molecule has 1 unspecified atom stereocenters. The molecule has 1 atom stereocenters. The minimum Gasteiger partial charge on any atom is -0.395 e. The van der Waals surface area contributed by atoms with Crippen LogP contribution in [-0.4, -0.2) is 41.9 Å². The van der Waals surface area contributed by atoms with Gasteiger partial charge in [-0.1, -0.05) is 11.3 Å². The van der Waals surface area contributed by atoms with Gasteiger partial charge in [-0.25, -0.2) is 14.3 Å². The van der Waals surface area contributed by atoms with Crippen molar-refractivity contribution in [2.75, 3.05) is 18.6 Å². The van der Waals surface area contributed by atoms with Gasteiger partial charge >= 0.3 is 5.69 Å². The number of aliphatic hydroxyl groups is 1. The third-order valence-electron chi connectivity index (χ3n) is 3.11. The zero-order valence-electron chi connectivity index (χ0n) is 10.4. The number of rotatable bonds is 5. The largest absolute Gasteiger partial charge is 0.395 e. The van der Waals surface area contributed by atoms with Gasteiger partial charge in [0, 0.05) is 18.7 Å². The topological polar surface area (TPSA) is 139 Å². The molecule has 1 aliphatic heterocycles. The van der Waals surface area contributed by atoms with E-state index in [4.69, 9.17) is 5.84 Å². The number of hydrazine groups is 1. The van der Waals surface area contributed by atoms with Crippen LogP contribution in [-0.2, 0) is 10.0 Å². The Morgan fingerprint density at radius 2 is 2.35 bits per heavy atom. The van der Waals surface area contributed by atoms with E-state index >= 15 is 0 Å². The van der Waals surface area contributed by atoms with Gasteiger partial charge in [-0.2, -0.15) is 4.31 Å². The quantitative estimate of drug-likeness (QED) is 0.396.